The van der Waals surface area contributed by atoms with E-state index >= 15 is 0 Å². The number of hydrogen-bond donors (Lipinski definition) is 3. The summed E-state index contributed by atoms with van der Waals surface area (Å²) in [7, 11) is 0. The number of nitrogens with two attached hydrogens (primary N) is 2. The normalized spacial score (nSPS) is 28.3. The van der Waals surface area contributed by atoms with Gasteiger partial charge in [0.05, 0.1) is 0 Å². The van der Waals surface area contributed by atoms with E-state index in [9.17, 15) is 4.79 Å². The van der Waals surface area contributed by atoms with Crippen LogP contribution in [0.4, 0.5) is 0 Å². The van der Waals surface area contributed by atoms with Gasteiger partial charge in [0, 0.05) is 19.6 Å². The number of primary amides is 1. The molecule has 5 heteroatoms. The molecule has 0 radical (unpaired) electrons. The highest BCUT2D eigenvalue weighted by molar-refractivity contribution is 5.80. The summed E-state index contributed by atoms with van der Waals surface area (Å²) in [6, 6.07) is -0.339. The monoisotopic (exact) mass is 144 g/mol. The Labute approximate surface area is 59.3 Å². The van der Waals surface area contributed by atoms with E-state index in [2.05, 4.69) is 5.32 Å². The van der Waals surface area contributed by atoms with Crippen molar-refractivity contribution in [2.24, 2.45) is 11.6 Å². The summed E-state index contributed by atoms with van der Waals surface area (Å²) >= 11 is 0. The van der Waals surface area contributed by atoms with E-state index in [0.717, 1.165) is 6.54 Å². The number of carbonyl (C=O) groups excluding carboxylic acids is 1. The van der Waals surface area contributed by atoms with Crippen LogP contribution in [-0.2, 0) is 4.79 Å². The predicted octanol–water partition coefficient (Wildman–Crippen LogP) is -2.38. The molecule has 1 rings (SSSR count). The van der Waals surface area contributed by atoms with Crippen LogP contribution < -0.4 is 16.9 Å². The highest BCUT2D eigenvalue weighted by atomic mass is 16.1. The summed E-state index contributed by atoms with van der Waals surface area (Å²) in [5.74, 6) is 5.11. The second-order valence-electron chi connectivity index (χ2n) is 2.36. The fourth-order valence-corrected chi connectivity index (χ4v) is 0.984. The Balaban J connectivity index is 2.47. The van der Waals surface area contributed by atoms with Gasteiger partial charge in [0.15, 0.2) is 0 Å². The number of piperazine rings is 1. The fraction of sp³-hybridized carbons (Fsp3) is 0.800. The molecule has 1 unspecified atom stereocenters. The van der Waals surface area contributed by atoms with Crippen molar-refractivity contribution < 1.29 is 4.79 Å². The molecule has 1 atom stereocenters. The van der Waals surface area contributed by atoms with Crippen LogP contribution in [0, 0.1) is 0 Å². The molecule has 0 saturated carbocycles. The van der Waals surface area contributed by atoms with Gasteiger partial charge in [-0.05, 0) is 0 Å². The van der Waals surface area contributed by atoms with Crippen molar-refractivity contribution in [3.05, 3.63) is 0 Å². The average Bonchev–Trinajstić information content (AvgIpc) is 1.88. The third-order valence-corrected chi connectivity index (χ3v) is 1.61. The van der Waals surface area contributed by atoms with E-state index in [1.54, 1.807) is 0 Å². The molecular formula is C5H12N4O. The van der Waals surface area contributed by atoms with E-state index < -0.39 is 0 Å². The Kier molecular flexibility index (Phi) is 2.21. The van der Waals surface area contributed by atoms with Gasteiger partial charge in [-0.1, -0.05) is 0 Å². The maximum atomic E-state index is 10.6. The highest BCUT2D eigenvalue weighted by Crippen LogP contribution is 1.94. The van der Waals surface area contributed by atoms with Crippen molar-refractivity contribution >= 4 is 5.91 Å². The first kappa shape index (κ1) is 7.46. The molecule has 58 valence electrons. The second-order valence-corrected chi connectivity index (χ2v) is 2.36. The number of hydrazine groups is 1. The molecule has 1 saturated heterocycles. The second kappa shape index (κ2) is 2.96. The van der Waals surface area contributed by atoms with Crippen LogP contribution in [0.25, 0.3) is 0 Å². The number of nitrogens with zero attached hydrogens (tertiary/aromatic N) is 1. The first-order valence-corrected chi connectivity index (χ1v) is 3.23. The molecule has 0 aromatic heterocycles. The number of nitrogens with one attached hydrogen (secondary N) is 1. The van der Waals surface area contributed by atoms with Crippen LogP contribution in [0.3, 0.4) is 0 Å². The van der Waals surface area contributed by atoms with E-state index in [4.69, 9.17) is 11.6 Å². The maximum absolute atomic E-state index is 10.6. The molecule has 1 aliphatic heterocycles. The largest absolute Gasteiger partial charge is 0.368 e. The molecule has 0 spiro atoms. The smallest absolute Gasteiger partial charge is 0.237 e. The van der Waals surface area contributed by atoms with Crippen molar-refractivity contribution in [3.63, 3.8) is 0 Å². The quantitative estimate of drug-likeness (QED) is 0.359. The zero-order chi connectivity index (χ0) is 7.56. The SMILES string of the molecule is NC(=O)C1CNCCN1N. The van der Waals surface area contributed by atoms with Gasteiger partial charge in [-0.25, -0.2) is 5.01 Å². The third kappa shape index (κ3) is 1.44. The summed E-state index contributed by atoms with van der Waals surface area (Å²) in [6.07, 6.45) is 0. The van der Waals surface area contributed by atoms with Crippen LogP contribution in [0.2, 0.25) is 0 Å². The van der Waals surface area contributed by atoms with Crippen LogP contribution in [-0.4, -0.2) is 36.6 Å². The van der Waals surface area contributed by atoms with Gasteiger partial charge in [0.1, 0.15) is 6.04 Å². The van der Waals surface area contributed by atoms with Crippen molar-refractivity contribution in [2.45, 2.75) is 6.04 Å². The molecule has 0 bridgehead atoms. The lowest BCUT2D eigenvalue weighted by molar-refractivity contribution is -0.123. The molecule has 1 aliphatic rings. The standard InChI is InChI=1S/C5H12N4O/c6-5(10)4-3-8-1-2-9(4)7/h4,8H,1-3,7H2,(H2,6,10). The van der Waals surface area contributed by atoms with Gasteiger partial charge in [0.25, 0.3) is 0 Å². The van der Waals surface area contributed by atoms with Crippen LogP contribution >= 0.6 is 0 Å². The van der Waals surface area contributed by atoms with Gasteiger partial charge in [-0.15, -0.1) is 0 Å². The van der Waals surface area contributed by atoms with Crippen LogP contribution in [0.15, 0.2) is 0 Å². The minimum absolute atomic E-state index is 0.339. The summed E-state index contributed by atoms with van der Waals surface area (Å²) < 4.78 is 0. The minimum Gasteiger partial charge on any atom is -0.368 e. The summed E-state index contributed by atoms with van der Waals surface area (Å²) in [6.45, 7) is 2.06. The van der Waals surface area contributed by atoms with Gasteiger partial charge >= 0.3 is 0 Å². The van der Waals surface area contributed by atoms with E-state index in [0.29, 0.717) is 13.1 Å². The van der Waals surface area contributed by atoms with E-state index in [-0.39, 0.29) is 11.9 Å². The molecule has 10 heavy (non-hydrogen) atoms. The minimum atomic E-state index is -0.366. The lowest BCUT2D eigenvalue weighted by Gasteiger charge is -2.29. The number of rotatable bonds is 1. The summed E-state index contributed by atoms with van der Waals surface area (Å²) in [4.78, 5) is 10.6. The predicted molar refractivity (Wildman–Crippen MR) is 36.7 cm³/mol. The van der Waals surface area contributed by atoms with Gasteiger partial charge in [-0.3, -0.25) is 10.6 Å². The first-order valence-electron chi connectivity index (χ1n) is 3.23. The third-order valence-electron chi connectivity index (χ3n) is 1.61. The van der Waals surface area contributed by atoms with Crippen molar-refractivity contribution in [1.29, 1.82) is 0 Å². The van der Waals surface area contributed by atoms with Crippen LogP contribution in [0.5, 0.6) is 0 Å². The van der Waals surface area contributed by atoms with Crippen molar-refractivity contribution in [1.82, 2.24) is 10.3 Å². The molecule has 0 aliphatic carbocycles. The zero-order valence-electron chi connectivity index (χ0n) is 5.71. The highest BCUT2D eigenvalue weighted by Gasteiger charge is 2.23. The topological polar surface area (TPSA) is 84.4 Å². The van der Waals surface area contributed by atoms with E-state index in [1.165, 1.54) is 5.01 Å². The van der Waals surface area contributed by atoms with Gasteiger partial charge < -0.3 is 11.1 Å². The molecule has 5 N–H and O–H groups in total. The van der Waals surface area contributed by atoms with Crippen LogP contribution in [0.1, 0.15) is 0 Å². The van der Waals surface area contributed by atoms with Gasteiger partial charge in [0.2, 0.25) is 5.91 Å². The zero-order valence-corrected chi connectivity index (χ0v) is 5.71. The van der Waals surface area contributed by atoms with Gasteiger partial charge in [-0.2, -0.15) is 0 Å². The lowest BCUT2D eigenvalue weighted by Crippen LogP contribution is -2.59. The molecule has 1 heterocycles. The Bertz CT molecular complexity index is 138. The lowest BCUT2D eigenvalue weighted by atomic mass is 10.2. The van der Waals surface area contributed by atoms with Crippen molar-refractivity contribution in [2.75, 3.05) is 19.6 Å². The Morgan fingerprint density at radius 2 is 2.40 bits per heavy atom. The molecule has 1 fully saturated rings. The number of amides is 1. The number of carbonyl (C=O) groups is 1. The Hall–Kier alpha value is -0.650. The molecule has 0 aromatic rings. The molecule has 1 amide bonds. The Morgan fingerprint density at radius 1 is 1.70 bits per heavy atom. The molecular weight excluding hydrogens is 132 g/mol. The Morgan fingerprint density at radius 3 is 2.80 bits per heavy atom. The summed E-state index contributed by atoms with van der Waals surface area (Å²) in [5, 5.41) is 4.50. The summed E-state index contributed by atoms with van der Waals surface area (Å²) in [5.41, 5.74) is 5.06. The molecule has 0 aromatic carbocycles. The fourth-order valence-electron chi connectivity index (χ4n) is 0.984. The first-order chi connectivity index (χ1) is 4.72. The average molecular weight is 144 g/mol. The molecule has 5 nitrogen and oxygen atoms in total. The number of hydrogen-bond acceptors (Lipinski definition) is 4. The maximum Gasteiger partial charge on any atom is 0.237 e. The van der Waals surface area contributed by atoms with E-state index in [1.807, 2.05) is 0 Å². The van der Waals surface area contributed by atoms with Crippen molar-refractivity contribution in [3.8, 4) is 0 Å².